The van der Waals surface area contributed by atoms with Crippen molar-refractivity contribution in [3.05, 3.63) is 65.5 Å². The summed E-state index contributed by atoms with van der Waals surface area (Å²) >= 11 is 0. The molecule has 0 bridgehead atoms. The molecule has 2 aromatic rings. The van der Waals surface area contributed by atoms with Gasteiger partial charge in [-0.1, -0.05) is 30.3 Å². The van der Waals surface area contributed by atoms with Crippen LogP contribution >= 0.6 is 0 Å². The maximum absolute atomic E-state index is 14.1. The summed E-state index contributed by atoms with van der Waals surface area (Å²) in [5.41, 5.74) is 2.47. The summed E-state index contributed by atoms with van der Waals surface area (Å²) in [5.74, 6) is -0.0643. The molecule has 0 spiro atoms. The fraction of sp³-hybridized carbons (Fsp3) is 0.318. The SMILES string of the molecule is Cc1cccc(N2CCN3C2=NC2C3C(=O)N(Cc3ccccc3F)C(=O)N2C)c1. The van der Waals surface area contributed by atoms with Crippen molar-refractivity contribution < 1.29 is 14.0 Å². The van der Waals surface area contributed by atoms with Crippen molar-refractivity contribution in [2.45, 2.75) is 25.7 Å². The Morgan fingerprint density at radius 3 is 2.67 bits per heavy atom. The van der Waals surface area contributed by atoms with E-state index >= 15 is 0 Å². The highest BCUT2D eigenvalue weighted by Gasteiger charge is 2.54. The van der Waals surface area contributed by atoms with E-state index in [1.165, 1.54) is 11.0 Å². The zero-order chi connectivity index (χ0) is 21.0. The maximum Gasteiger partial charge on any atom is 0.328 e. The number of nitrogens with zero attached hydrogens (tertiary/aromatic N) is 5. The van der Waals surface area contributed by atoms with E-state index in [0.717, 1.165) is 16.2 Å². The van der Waals surface area contributed by atoms with Gasteiger partial charge in [0.1, 0.15) is 5.82 Å². The molecule has 154 valence electrons. The van der Waals surface area contributed by atoms with Gasteiger partial charge >= 0.3 is 6.03 Å². The number of guanidine groups is 1. The van der Waals surface area contributed by atoms with Gasteiger partial charge in [-0.15, -0.1) is 0 Å². The number of likely N-dealkylation sites (N-methyl/N-ethyl adjacent to an activating group) is 1. The number of carbonyl (C=O) groups excluding carboxylic acids is 2. The second kappa shape index (κ2) is 6.83. The number of imide groups is 1. The molecule has 0 saturated carbocycles. The maximum atomic E-state index is 14.1. The van der Waals surface area contributed by atoms with E-state index < -0.39 is 24.1 Å². The highest BCUT2D eigenvalue weighted by Crippen LogP contribution is 2.34. The van der Waals surface area contributed by atoms with Crippen LogP contribution < -0.4 is 4.90 Å². The zero-order valence-corrected chi connectivity index (χ0v) is 16.8. The molecule has 2 atom stereocenters. The van der Waals surface area contributed by atoms with Crippen molar-refractivity contribution in [1.82, 2.24) is 14.7 Å². The van der Waals surface area contributed by atoms with E-state index in [2.05, 4.69) is 11.0 Å². The third-order valence-corrected chi connectivity index (χ3v) is 5.98. The van der Waals surface area contributed by atoms with Gasteiger partial charge in [0, 0.05) is 31.4 Å². The molecule has 3 amide bonds. The average Bonchev–Trinajstić information content (AvgIpc) is 3.30. The Kier molecular flexibility index (Phi) is 4.23. The van der Waals surface area contributed by atoms with Crippen LogP contribution in [-0.2, 0) is 11.3 Å². The third-order valence-electron chi connectivity index (χ3n) is 5.98. The number of benzene rings is 2. The summed E-state index contributed by atoms with van der Waals surface area (Å²) in [5, 5.41) is 0. The van der Waals surface area contributed by atoms with Crippen LogP contribution in [0.3, 0.4) is 0 Å². The van der Waals surface area contributed by atoms with Gasteiger partial charge in [-0.05, 0) is 30.7 Å². The van der Waals surface area contributed by atoms with Crippen LogP contribution in [0.1, 0.15) is 11.1 Å². The van der Waals surface area contributed by atoms with Crippen LogP contribution in [0, 0.1) is 12.7 Å². The molecular weight excluding hydrogens is 385 g/mol. The number of rotatable bonds is 3. The highest BCUT2D eigenvalue weighted by molar-refractivity contribution is 6.07. The van der Waals surface area contributed by atoms with Crippen LogP contribution in [0.4, 0.5) is 14.9 Å². The lowest BCUT2D eigenvalue weighted by Gasteiger charge is -2.40. The number of carbonyl (C=O) groups is 2. The van der Waals surface area contributed by atoms with Gasteiger partial charge in [0.2, 0.25) is 5.96 Å². The number of halogens is 1. The van der Waals surface area contributed by atoms with Gasteiger partial charge in [-0.3, -0.25) is 9.69 Å². The molecule has 0 aromatic heterocycles. The molecule has 2 fully saturated rings. The lowest BCUT2D eigenvalue weighted by atomic mass is 10.1. The van der Waals surface area contributed by atoms with Crippen LogP contribution in [0.15, 0.2) is 53.5 Å². The molecule has 2 aromatic carbocycles. The number of hydrogen-bond acceptors (Lipinski definition) is 5. The molecule has 3 heterocycles. The minimum Gasteiger partial charge on any atom is -0.325 e. The predicted octanol–water partition coefficient (Wildman–Crippen LogP) is 2.41. The Bertz CT molecular complexity index is 1070. The first-order valence-electron chi connectivity index (χ1n) is 9.96. The quantitative estimate of drug-likeness (QED) is 0.784. The van der Waals surface area contributed by atoms with Gasteiger partial charge in [-0.2, -0.15) is 0 Å². The minimum atomic E-state index is -0.593. The van der Waals surface area contributed by atoms with Gasteiger partial charge in [0.05, 0.1) is 6.54 Å². The molecule has 8 heteroatoms. The minimum absolute atomic E-state index is 0.0946. The molecule has 0 N–H and O–H groups in total. The lowest BCUT2D eigenvalue weighted by molar-refractivity contribution is -0.137. The molecule has 0 aliphatic carbocycles. The topological polar surface area (TPSA) is 59.5 Å². The zero-order valence-electron chi connectivity index (χ0n) is 16.8. The Hall–Kier alpha value is -3.42. The number of aliphatic imine (C=N–C) groups is 1. The van der Waals surface area contributed by atoms with Gasteiger partial charge in [-0.25, -0.2) is 14.2 Å². The Morgan fingerprint density at radius 1 is 1.10 bits per heavy atom. The number of urea groups is 1. The number of amides is 3. The first-order chi connectivity index (χ1) is 14.5. The van der Waals surface area contributed by atoms with Crippen LogP contribution in [0.2, 0.25) is 0 Å². The van der Waals surface area contributed by atoms with Crippen molar-refractivity contribution in [3.8, 4) is 0 Å². The lowest BCUT2D eigenvalue weighted by Crippen LogP contribution is -2.64. The molecule has 7 nitrogen and oxygen atoms in total. The fourth-order valence-electron chi connectivity index (χ4n) is 4.42. The molecule has 3 aliphatic heterocycles. The molecule has 30 heavy (non-hydrogen) atoms. The number of hydrogen-bond donors (Lipinski definition) is 0. The van der Waals surface area contributed by atoms with E-state index in [0.29, 0.717) is 24.6 Å². The Labute approximate surface area is 174 Å². The van der Waals surface area contributed by atoms with E-state index in [1.54, 1.807) is 25.2 Å². The highest BCUT2D eigenvalue weighted by atomic mass is 19.1. The largest absolute Gasteiger partial charge is 0.328 e. The molecule has 5 rings (SSSR count). The molecule has 3 aliphatic rings. The summed E-state index contributed by atoms with van der Waals surface area (Å²) in [7, 11) is 1.64. The summed E-state index contributed by atoms with van der Waals surface area (Å²) < 4.78 is 14.1. The summed E-state index contributed by atoms with van der Waals surface area (Å²) in [4.78, 5) is 37.7. The Balaban J connectivity index is 1.45. The smallest absolute Gasteiger partial charge is 0.325 e. The third kappa shape index (κ3) is 2.74. The van der Waals surface area contributed by atoms with E-state index in [9.17, 15) is 14.0 Å². The first kappa shape index (κ1) is 18.6. The van der Waals surface area contributed by atoms with Crippen LogP contribution in [0.5, 0.6) is 0 Å². The van der Waals surface area contributed by atoms with Crippen LogP contribution in [0.25, 0.3) is 0 Å². The summed E-state index contributed by atoms with van der Waals surface area (Å²) in [6, 6.07) is 13.3. The van der Waals surface area contributed by atoms with Crippen molar-refractivity contribution >= 4 is 23.6 Å². The van der Waals surface area contributed by atoms with Gasteiger partial charge in [0.25, 0.3) is 5.91 Å². The number of anilines is 1. The molecule has 2 saturated heterocycles. The van der Waals surface area contributed by atoms with Crippen molar-refractivity contribution in [2.75, 3.05) is 25.0 Å². The van der Waals surface area contributed by atoms with Crippen molar-refractivity contribution in [3.63, 3.8) is 0 Å². The first-order valence-corrected chi connectivity index (χ1v) is 9.96. The van der Waals surface area contributed by atoms with Gasteiger partial charge < -0.3 is 14.7 Å². The molecule has 2 unspecified atom stereocenters. The van der Waals surface area contributed by atoms with Gasteiger partial charge in [0.15, 0.2) is 12.2 Å². The second-order valence-corrected chi connectivity index (χ2v) is 7.88. The molecule has 0 radical (unpaired) electrons. The van der Waals surface area contributed by atoms with Crippen molar-refractivity contribution in [2.24, 2.45) is 4.99 Å². The normalized spacial score (nSPS) is 23.1. The number of aryl methyl sites for hydroxylation is 1. The Morgan fingerprint density at radius 2 is 1.90 bits per heavy atom. The monoisotopic (exact) mass is 407 g/mol. The van der Waals surface area contributed by atoms with E-state index in [4.69, 9.17) is 4.99 Å². The van der Waals surface area contributed by atoms with Crippen molar-refractivity contribution in [1.29, 1.82) is 0 Å². The molecular formula is C22H22FN5O2. The van der Waals surface area contributed by atoms with E-state index in [-0.39, 0.29) is 12.5 Å². The second-order valence-electron chi connectivity index (χ2n) is 7.88. The predicted molar refractivity (Wildman–Crippen MR) is 110 cm³/mol. The standard InChI is InChI=1S/C22H22FN5O2/c1-14-6-5-8-16(12-14)26-10-11-27-18-19(24-21(26)27)25(2)22(30)28(20(18)29)13-15-7-3-4-9-17(15)23/h3-9,12,18-19H,10-11,13H2,1-2H3. The summed E-state index contributed by atoms with van der Waals surface area (Å²) in [6.45, 7) is 3.28. The average molecular weight is 407 g/mol. The van der Waals surface area contributed by atoms with E-state index in [1.807, 2.05) is 30.0 Å². The van der Waals surface area contributed by atoms with Crippen LogP contribution in [-0.4, -0.2) is 64.9 Å². The summed E-state index contributed by atoms with van der Waals surface area (Å²) in [6.07, 6.45) is -0.579. The fourth-order valence-corrected chi connectivity index (χ4v) is 4.42. The number of fused-ring (bicyclic) bond motifs is 3.